The average Bonchev–Trinajstić information content (AvgIpc) is 3.03. The third-order valence-electron chi connectivity index (χ3n) is 4.32. The first-order chi connectivity index (χ1) is 9.14. The number of aromatic nitrogens is 2. The molecular weight excluding hydrogens is 244 g/mol. The van der Waals surface area contributed by atoms with Crippen molar-refractivity contribution in [1.29, 1.82) is 0 Å². The number of H-pyrrole nitrogens is 1. The molecule has 2 fully saturated rings. The zero-order chi connectivity index (χ0) is 13.5. The maximum Gasteiger partial charge on any atom is 0.314 e. The van der Waals surface area contributed by atoms with Crippen molar-refractivity contribution in [2.45, 2.75) is 13.5 Å². The van der Waals surface area contributed by atoms with E-state index in [9.17, 15) is 4.79 Å². The summed E-state index contributed by atoms with van der Waals surface area (Å²) >= 11 is 0. The second kappa shape index (κ2) is 4.61. The Labute approximate surface area is 112 Å². The summed E-state index contributed by atoms with van der Waals surface area (Å²) in [5, 5.41) is 3.32. The quantitative estimate of drug-likeness (QED) is 0.747. The maximum atomic E-state index is 12.1. The molecule has 2 aliphatic heterocycles. The van der Waals surface area contributed by atoms with Crippen molar-refractivity contribution in [3.63, 3.8) is 0 Å². The molecule has 0 bridgehead atoms. The van der Waals surface area contributed by atoms with Crippen LogP contribution in [0.3, 0.4) is 0 Å². The Balaban J connectivity index is 1.73. The van der Waals surface area contributed by atoms with E-state index in [1.807, 2.05) is 13.1 Å². The van der Waals surface area contributed by atoms with E-state index in [2.05, 4.69) is 20.2 Å². The lowest BCUT2D eigenvalue weighted by atomic mass is 9.81. The Hall–Kier alpha value is -1.40. The molecule has 1 aromatic rings. The van der Waals surface area contributed by atoms with E-state index in [1.54, 1.807) is 0 Å². The molecule has 3 rings (SSSR count). The predicted molar refractivity (Wildman–Crippen MR) is 69.4 cm³/mol. The molecule has 19 heavy (non-hydrogen) atoms. The number of esters is 1. The average molecular weight is 264 g/mol. The van der Waals surface area contributed by atoms with Crippen LogP contribution in [0.2, 0.25) is 0 Å². The second-order valence-corrected chi connectivity index (χ2v) is 5.66. The van der Waals surface area contributed by atoms with Gasteiger partial charge in [-0.3, -0.25) is 9.69 Å². The molecular formula is C13H20N4O2. The van der Waals surface area contributed by atoms with E-state index in [-0.39, 0.29) is 11.4 Å². The number of hydrogen-bond acceptors (Lipinski definition) is 5. The number of nitrogens with zero attached hydrogens (tertiary/aromatic N) is 2. The summed E-state index contributed by atoms with van der Waals surface area (Å²) < 4.78 is 5.01. The highest BCUT2D eigenvalue weighted by Gasteiger charge is 2.55. The number of methoxy groups -OCH3 is 1. The van der Waals surface area contributed by atoms with Crippen LogP contribution in [0.5, 0.6) is 0 Å². The molecule has 2 N–H and O–H groups in total. The fourth-order valence-electron chi connectivity index (χ4n) is 3.39. The number of fused-ring (bicyclic) bond motifs is 1. The van der Waals surface area contributed by atoms with Gasteiger partial charge in [0.1, 0.15) is 5.82 Å². The molecule has 1 aromatic heterocycles. The minimum absolute atomic E-state index is 0.0828. The van der Waals surface area contributed by atoms with Crippen LogP contribution >= 0.6 is 0 Å². The van der Waals surface area contributed by atoms with Crippen LogP contribution in [0.25, 0.3) is 0 Å². The number of imidazole rings is 1. The zero-order valence-corrected chi connectivity index (χ0v) is 11.4. The van der Waals surface area contributed by atoms with Crippen LogP contribution in [0.4, 0.5) is 0 Å². The van der Waals surface area contributed by atoms with Crippen LogP contribution < -0.4 is 5.32 Å². The topological polar surface area (TPSA) is 70.2 Å². The van der Waals surface area contributed by atoms with Crippen molar-refractivity contribution in [2.24, 2.45) is 11.3 Å². The van der Waals surface area contributed by atoms with Gasteiger partial charge in [0.05, 0.1) is 19.1 Å². The first kappa shape index (κ1) is 12.6. The SMILES string of the molecule is COC(=O)[C@]12CNC[C@H]1CN(Cc1ncc(C)[nH]1)C2. The number of carbonyl (C=O) groups is 1. The molecule has 0 unspecified atom stereocenters. The van der Waals surface area contributed by atoms with Gasteiger partial charge in [0, 0.05) is 44.0 Å². The van der Waals surface area contributed by atoms with Crippen LogP contribution in [-0.2, 0) is 16.1 Å². The molecule has 0 radical (unpaired) electrons. The van der Waals surface area contributed by atoms with E-state index in [0.29, 0.717) is 5.92 Å². The molecule has 2 aliphatic rings. The Morgan fingerprint density at radius 3 is 3.21 bits per heavy atom. The Kier molecular flexibility index (Phi) is 3.06. The lowest BCUT2D eigenvalue weighted by Crippen LogP contribution is -2.41. The summed E-state index contributed by atoms with van der Waals surface area (Å²) in [7, 11) is 1.48. The van der Waals surface area contributed by atoms with Crippen molar-refractivity contribution in [2.75, 3.05) is 33.3 Å². The first-order valence-corrected chi connectivity index (χ1v) is 6.66. The molecule has 0 spiro atoms. The summed E-state index contributed by atoms with van der Waals surface area (Å²) in [5.41, 5.74) is 0.704. The van der Waals surface area contributed by atoms with Crippen molar-refractivity contribution in [3.8, 4) is 0 Å². The number of carbonyl (C=O) groups excluding carboxylic acids is 1. The third kappa shape index (κ3) is 2.04. The second-order valence-electron chi connectivity index (χ2n) is 5.66. The van der Waals surface area contributed by atoms with Gasteiger partial charge in [-0.15, -0.1) is 0 Å². The number of rotatable bonds is 3. The van der Waals surface area contributed by atoms with Crippen molar-refractivity contribution >= 4 is 5.97 Å². The highest BCUT2D eigenvalue weighted by molar-refractivity contribution is 5.79. The van der Waals surface area contributed by atoms with Gasteiger partial charge in [-0.2, -0.15) is 0 Å². The number of hydrogen-bond donors (Lipinski definition) is 2. The summed E-state index contributed by atoms with van der Waals surface area (Å²) in [6, 6.07) is 0. The summed E-state index contributed by atoms with van der Waals surface area (Å²) in [6.07, 6.45) is 1.84. The van der Waals surface area contributed by atoms with Gasteiger partial charge in [-0.05, 0) is 6.92 Å². The fraction of sp³-hybridized carbons (Fsp3) is 0.692. The molecule has 0 saturated carbocycles. The van der Waals surface area contributed by atoms with Crippen LogP contribution in [0.1, 0.15) is 11.5 Å². The largest absolute Gasteiger partial charge is 0.469 e. The first-order valence-electron chi connectivity index (χ1n) is 6.66. The van der Waals surface area contributed by atoms with Gasteiger partial charge in [-0.1, -0.05) is 0 Å². The minimum atomic E-state index is -0.365. The van der Waals surface area contributed by atoms with Gasteiger partial charge >= 0.3 is 5.97 Å². The van der Waals surface area contributed by atoms with Crippen LogP contribution in [0.15, 0.2) is 6.20 Å². The fourth-order valence-corrected chi connectivity index (χ4v) is 3.39. The monoisotopic (exact) mass is 264 g/mol. The van der Waals surface area contributed by atoms with E-state index in [4.69, 9.17) is 4.74 Å². The van der Waals surface area contributed by atoms with Gasteiger partial charge < -0.3 is 15.0 Å². The Bertz CT molecular complexity index is 487. The van der Waals surface area contributed by atoms with Crippen LogP contribution in [0, 0.1) is 18.3 Å². The van der Waals surface area contributed by atoms with E-state index in [1.165, 1.54) is 7.11 Å². The van der Waals surface area contributed by atoms with Gasteiger partial charge in [0.2, 0.25) is 0 Å². The smallest absolute Gasteiger partial charge is 0.314 e. The molecule has 0 aliphatic carbocycles. The number of ether oxygens (including phenoxy) is 1. The van der Waals surface area contributed by atoms with Crippen molar-refractivity contribution in [1.82, 2.24) is 20.2 Å². The predicted octanol–water partition coefficient (Wildman–Crippen LogP) is -0.0875. The van der Waals surface area contributed by atoms with E-state index >= 15 is 0 Å². The summed E-state index contributed by atoms with van der Waals surface area (Å²) in [5.74, 6) is 1.22. The number of nitrogens with one attached hydrogen (secondary N) is 2. The van der Waals surface area contributed by atoms with Crippen LogP contribution in [-0.4, -0.2) is 54.1 Å². The Morgan fingerprint density at radius 2 is 2.53 bits per heavy atom. The molecule has 0 amide bonds. The summed E-state index contributed by atoms with van der Waals surface area (Å²) in [4.78, 5) is 22.0. The van der Waals surface area contributed by atoms with Crippen molar-refractivity contribution < 1.29 is 9.53 Å². The van der Waals surface area contributed by atoms with Gasteiger partial charge in [0.15, 0.2) is 0 Å². The number of aryl methyl sites for hydroxylation is 1. The molecule has 0 aromatic carbocycles. The molecule has 2 saturated heterocycles. The molecule has 3 heterocycles. The highest BCUT2D eigenvalue weighted by Crippen LogP contribution is 2.40. The highest BCUT2D eigenvalue weighted by atomic mass is 16.5. The lowest BCUT2D eigenvalue weighted by Gasteiger charge is -2.24. The number of likely N-dealkylation sites (tertiary alicyclic amines) is 1. The van der Waals surface area contributed by atoms with Gasteiger partial charge in [0.25, 0.3) is 0 Å². The minimum Gasteiger partial charge on any atom is -0.469 e. The normalized spacial score (nSPS) is 30.5. The van der Waals surface area contributed by atoms with Crippen molar-refractivity contribution in [3.05, 3.63) is 17.7 Å². The standard InChI is InChI=1S/C13H20N4O2/c1-9-3-15-11(16-9)6-17-5-10-4-14-7-13(10,8-17)12(18)19-2/h3,10,14H,4-8H2,1-2H3,(H,15,16)/t10-,13-/m0/s1. The third-order valence-corrected chi connectivity index (χ3v) is 4.32. The van der Waals surface area contributed by atoms with E-state index in [0.717, 1.165) is 44.2 Å². The maximum absolute atomic E-state index is 12.1. The molecule has 2 atom stereocenters. The zero-order valence-electron chi connectivity index (χ0n) is 11.4. The lowest BCUT2D eigenvalue weighted by molar-refractivity contribution is -0.152. The molecule has 6 nitrogen and oxygen atoms in total. The molecule has 104 valence electrons. The Morgan fingerprint density at radius 1 is 1.68 bits per heavy atom. The van der Waals surface area contributed by atoms with Gasteiger partial charge in [-0.25, -0.2) is 4.98 Å². The number of aromatic amines is 1. The van der Waals surface area contributed by atoms with E-state index < -0.39 is 0 Å². The summed E-state index contributed by atoms with van der Waals surface area (Å²) in [6.45, 7) is 6.04. The molecule has 6 heteroatoms.